The van der Waals surface area contributed by atoms with Gasteiger partial charge in [0.2, 0.25) is 0 Å². The number of aromatic nitrogens is 4. The summed E-state index contributed by atoms with van der Waals surface area (Å²) in [4.78, 5) is 8.15. The number of nitrogens with zero attached hydrogens (tertiary/aromatic N) is 4. The van der Waals surface area contributed by atoms with E-state index in [0.29, 0.717) is 17.0 Å². The third-order valence-electron chi connectivity index (χ3n) is 3.18. The SMILES string of the molecule is Clc1cc(NC2CCCCC2)n2ncnc2n1. The number of nitrogens with one attached hydrogen (secondary N) is 1. The van der Waals surface area contributed by atoms with Crippen molar-refractivity contribution < 1.29 is 0 Å². The molecule has 1 N–H and O–H groups in total. The Kier molecular flexibility index (Phi) is 2.84. The van der Waals surface area contributed by atoms with Gasteiger partial charge in [-0.1, -0.05) is 30.9 Å². The average molecular weight is 252 g/mol. The Labute approximate surface area is 104 Å². The fourth-order valence-electron chi connectivity index (χ4n) is 2.34. The van der Waals surface area contributed by atoms with Crippen molar-refractivity contribution in [2.75, 3.05) is 5.32 Å². The molecule has 0 radical (unpaired) electrons. The summed E-state index contributed by atoms with van der Waals surface area (Å²) in [6.45, 7) is 0. The zero-order valence-corrected chi connectivity index (χ0v) is 10.2. The molecule has 6 heteroatoms. The van der Waals surface area contributed by atoms with Crippen LogP contribution in [0.15, 0.2) is 12.4 Å². The highest BCUT2D eigenvalue weighted by atomic mass is 35.5. The first kappa shape index (κ1) is 10.8. The largest absolute Gasteiger partial charge is 0.367 e. The second-order valence-corrected chi connectivity index (χ2v) is 4.80. The first-order chi connectivity index (χ1) is 8.33. The highest BCUT2D eigenvalue weighted by Crippen LogP contribution is 2.22. The molecule has 0 bridgehead atoms. The average Bonchev–Trinajstić information content (AvgIpc) is 2.78. The zero-order valence-electron chi connectivity index (χ0n) is 9.43. The van der Waals surface area contributed by atoms with E-state index in [1.807, 2.05) is 0 Å². The van der Waals surface area contributed by atoms with Gasteiger partial charge in [-0.15, -0.1) is 0 Å². The van der Waals surface area contributed by atoms with Crippen LogP contribution in [-0.2, 0) is 0 Å². The van der Waals surface area contributed by atoms with Crippen LogP contribution in [0, 0.1) is 0 Å². The summed E-state index contributed by atoms with van der Waals surface area (Å²) in [5, 5.41) is 8.08. The third-order valence-corrected chi connectivity index (χ3v) is 3.37. The molecular formula is C11H14ClN5. The number of hydrogen-bond acceptors (Lipinski definition) is 4. The maximum absolute atomic E-state index is 5.97. The van der Waals surface area contributed by atoms with E-state index in [-0.39, 0.29) is 0 Å². The molecule has 1 aliphatic rings. The van der Waals surface area contributed by atoms with E-state index in [4.69, 9.17) is 11.6 Å². The number of fused-ring (bicyclic) bond motifs is 1. The first-order valence-corrected chi connectivity index (χ1v) is 6.33. The molecule has 0 saturated heterocycles. The van der Waals surface area contributed by atoms with Crippen LogP contribution in [0.25, 0.3) is 5.78 Å². The summed E-state index contributed by atoms with van der Waals surface area (Å²) >= 11 is 5.97. The molecule has 2 aromatic rings. The van der Waals surface area contributed by atoms with Crippen molar-refractivity contribution in [2.45, 2.75) is 38.1 Å². The number of anilines is 1. The van der Waals surface area contributed by atoms with Gasteiger partial charge in [-0.25, -0.2) is 0 Å². The fraction of sp³-hybridized carbons (Fsp3) is 0.545. The van der Waals surface area contributed by atoms with Crippen LogP contribution in [0.5, 0.6) is 0 Å². The zero-order chi connectivity index (χ0) is 11.7. The highest BCUT2D eigenvalue weighted by Gasteiger charge is 2.15. The number of hydrogen-bond donors (Lipinski definition) is 1. The molecule has 5 nitrogen and oxygen atoms in total. The van der Waals surface area contributed by atoms with Crippen LogP contribution in [0.2, 0.25) is 5.15 Å². The second-order valence-electron chi connectivity index (χ2n) is 4.42. The minimum Gasteiger partial charge on any atom is -0.367 e. The van der Waals surface area contributed by atoms with Crippen molar-refractivity contribution in [3.8, 4) is 0 Å². The number of halogens is 1. The Bertz CT molecular complexity index is 518. The maximum Gasteiger partial charge on any atom is 0.255 e. The molecular weight excluding hydrogens is 238 g/mol. The van der Waals surface area contributed by atoms with Gasteiger partial charge < -0.3 is 5.32 Å². The Morgan fingerprint density at radius 1 is 1.29 bits per heavy atom. The molecule has 0 atom stereocenters. The van der Waals surface area contributed by atoms with Crippen molar-refractivity contribution in [2.24, 2.45) is 0 Å². The highest BCUT2D eigenvalue weighted by molar-refractivity contribution is 6.29. The van der Waals surface area contributed by atoms with Crippen molar-refractivity contribution in [1.29, 1.82) is 0 Å². The summed E-state index contributed by atoms with van der Waals surface area (Å²) < 4.78 is 1.69. The lowest BCUT2D eigenvalue weighted by Crippen LogP contribution is -2.23. The summed E-state index contributed by atoms with van der Waals surface area (Å²) in [5.41, 5.74) is 0. The Morgan fingerprint density at radius 3 is 2.94 bits per heavy atom. The van der Waals surface area contributed by atoms with Gasteiger partial charge in [0.15, 0.2) is 0 Å². The lowest BCUT2D eigenvalue weighted by Gasteiger charge is -2.23. The topological polar surface area (TPSA) is 55.1 Å². The Morgan fingerprint density at radius 2 is 2.12 bits per heavy atom. The Balaban J connectivity index is 1.90. The molecule has 90 valence electrons. The molecule has 1 fully saturated rings. The molecule has 0 amide bonds. The van der Waals surface area contributed by atoms with E-state index >= 15 is 0 Å². The lowest BCUT2D eigenvalue weighted by molar-refractivity contribution is 0.461. The second kappa shape index (κ2) is 4.49. The van der Waals surface area contributed by atoms with E-state index < -0.39 is 0 Å². The lowest BCUT2D eigenvalue weighted by atomic mass is 9.95. The maximum atomic E-state index is 5.97. The van der Waals surface area contributed by atoms with Crippen molar-refractivity contribution in [1.82, 2.24) is 19.6 Å². The van der Waals surface area contributed by atoms with E-state index in [1.165, 1.54) is 38.4 Å². The molecule has 0 aromatic carbocycles. The monoisotopic (exact) mass is 251 g/mol. The van der Waals surface area contributed by atoms with Crippen molar-refractivity contribution in [3.63, 3.8) is 0 Å². The molecule has 2 aromatic heterocycles. The van der Waals surface area contributed by atoms with Crippen molar-refractivity contribution in [3.05, 3.63) is 17.5 Å². The van der Waals surface area contributed by atoms with Crippen LogP contribution >= 0.6 is 11.6 Å². The molecule has 1 aliphatic carbocycles. The quantitative estimate of drug-likeness (QED) is 0.834. The van der Waals surface area contributed by atoms with Crippen LogP contribution in [0.1, 0.15) is 32.1 Å². The molecule has 3 rings (SSSR count). The van der Waals surface area contributed by atoms with E-state index in [2.05, 4.69) is 20.4 Å². The van der Waals surface area contributed by atoms with Gasteiger partial charge in [0.25, 0.3) is 5.78 Å². The van der Waals surface area contributed by atoms with Gasteiger partial charge in [0.1, 0.15) is 17.3 Å². The molecule has 17 heavy (non-hydrogen) atoms. The minimum absolute atomic E-state index is 0.448. The third kappa shape index (κ3) is 2.20. The minimum atomic E-state index is 0.448. The molecule has 0 unspecified atom stereocenters. The smallest absolute Gasteiger partial charge is 0.255 e. The van der Waals surface area contributed by atoms with Gasteiger partial charge in [-0.2, -0.15) is 19.6 Å². The van der Waals surface area contributed by atoms with Gasteiger partial charge >= 0.3 is 0 Å². The van der Waals surface area contributed by atoms with Crippen LogP contribution in [0.4, 0.5) is 5.82 Å². The van der Waals surface area contributed by atoms with Gasteiger partial charge in [0, 0.05) is 12.1 Å². The van der Waals surface area contributed by atoms with Gasteiger partial charge in [-0.3, -0.25) is 0 Å². The predicted molar refractivity (Wildman–Crippen MR) is 66.3 cm³/mol. The molecule has 0 spiro atoms. The number of rotatable bonds is 2. The summed E-state index contributed by atoms with van der Waals surface area (Å²) in [6.07, 6.45) is 7.82. The molecule has 1 saturated carbocycles. The Hall–Kier alpha value is -1.36. The predicted octanol–water partition coefficient (Wildman–Crippen LogP) is 2.52. The van der Waals surface area contributed by atoms with E-state index in [0.717, 1.165) is 5.82 Å². The van der Waals surface area contributed by atoms with Crippen LogP contribution in [-0.4, -0.2) is 25.6 Å². The van der Waals surface area contributed by atoms with Gasteiger partial charge in [0.05, 0.1) is 0 Å². The van der Waals surface area contributed by atoms with E-state index in [9.17, 15) is 0 Å². The molecule has 2 heterocycles. The first-order valence-electron chi connectivity index (χ1n) is 5.96. The summed E-state index contributed by atoms with van der Waals surface area (Å²) in [6, 6.07) is 2.31. The normalized spacial score (nSPS) is 17.5. The van der Waals surface area contributed by atoms with Crippen LogP contribution in [0.3, 0.4) is 0 Å². The summed E-state index contributed by atoms with van der Waals surface area (Å²) in [7, 11) is 0. The summed E-state index contributed by atoms with van der Waals surface area (Å²) in [5.74, 6) is 1.42. The fourth-order valence-corrected chi connectivity index (χ4v) is 2.52. The van der Waals surface area contributed by atoms with Crippen molar-refractivity contribution >= 4 is 23.2 Å². The van der Waals surface area contributed by atoms with E-state index in [1.54, 1.807) is 10.6 Å². The molecule has 0 aliphatic heterocycles. The van der Waals surface area contributed by atoms with Gasteiger partial charge in [-0.05, 0) is 12.8 Å². The standard InChI is InChI=1S/C11H14ClN5/c12-9-6-10(15-8-4-2-1-3-5-8)17-11(16-9)13-7-14-17/h6-8,15H,1-5H2. The van der Waals surface area contributed by atoms with Crippen LogP contribution < -0.4 is 5.32 Å².